The van der Waals surface area contributed by atoms with Gasteiger partial charge in [0, 0.05) is 17.8 Å². The molecule has 0 saturated heterocycles. The Kier molecular flexibility index (Phi) is 3.29. The molecule has 0 fully saturated rings. The molecule has 84 valence electrons. The summed E-state index contributed by atoms with van der Waals surface area (Å²) in [5.41, 5.74) is 2.81. The van der Waals surface area contributed by atoms with Crippen LogP contribution in [0.15, 0.2) is 0 Å². The van der Waals surface area contributed by atoms with Crippen molar-refractivity contribution in [1.29, 1.82) is 0 Å². The maximum atomic E-state index is 4.37. The number of nitrogens with one attached hydrogen (secondary N) is 2. The molecule has 0 bridgehead atoms. The molecular formula is C12H21N3. The second kappa shape index (κ2) is 4.69. The van der Waals surface area contributed by atoms with E-state index in [0.717, 1.165) is 24.7 Å². The van der Waals surface area contributed by atoms with E-state index in [1.54, 1.807) is 0 Å². The van der Waals surface area contributed by atoms with Crippen molar-refractivity contribution in [3.05, 3.63) is 11.3 Å². The average molecular weight is 207 g/mol. The number of anilines is 1. The minimum Gasteiger partial charge on any atom is -0.368 e. The lowest BCUT2D eigenvalue weighted by atomic mass is 9.86. The minimum atomic E-state index is 0.859. The summed E-state index contributed by atoms with van der Waals surface area (Å²) in [7, 11) is 0. The van der Waals surface area contributed by atoms with Crippen molar-refractivity contribution in [3.63, 3.8) is 0 Å². The number of hydrogen-bond acceptors (Lipinski definition) is 2. The van der Waals surface area contributed by atoms with Gasteiger partial charge in [-0.1, -0.05) is 20.3 Å². The number of aromatic amines is 1. The molecule has 15 heavy (non-hydrogen) atoms. The molecular weight excluding hydrogens is 186 g/mol. The molecule has 0 saturated carbocycles. The fourth-order valence-corrected chi connectivity index (χ4v) is 2.31. The summed E-state index contributed by atoms with van der Waals surface area (Å²) in [5, 5.41) is 10.9. The van der Waals surface area contributed by atoms with Crippen LogP contribution in [0.3, 0.4) is 0 Å². The Bertz CT molecular complexity index is 317. The molecule has 0 aromatic carbocycles. The van der Waals surface area contributed by atoms with Crippen molar-refractivity contribution < 1.29 is 0 Å². The lowest BCUT2D eigenvalue weighted by Crippen LogP contribution is -2.14. The van der Waals surface area contributed by atoms with Gasteiger partial charge in [0.1, 0.15) is 0 Å². The summed E-state index contributed by atoms with van der Waals surface area (Å²) in [6, 6.07) is 0. The van der Waals surface area contributed by atoms with Gasteiger partial charge >= 0.3 is 0 Å². The quantitative estimate of drug-likeness (QED) is 0.797. The van der Waals surface area contributed by atoms with Gasteiger partial charge in [-0.05, 0) is 31.6 Å². The molecule has 0 spiro atoms. The second-order valence-electron chi connectivity index (χ2n) is 4.47. The van der Waals surface area contributed by atoms with Crippen LogP contribution in [0.2, 0.25) is 0 Å². The van der Waals surface area contributed by atoms with Gasteiger partial charge in [-0.2, -0.15) is 5.10 Å². The molecule has 1 heterocycles. The molecule has 3 nitrogen and oxygen atoms in total. The Morgan fingerprint density at radius 3 is 3.07 bits per heavy atom. The Labute approximate surface area is 91.7 Å². The highest BCUT2D eigenvalue weighted by atomic mass is 15.2. The summed E-state index contributed by atoms with van der Waals surface area (Å²) in [4.78, 5) is 0. The Morgan fingerprint density at radius 1 is 1.47 bits per heavy atom. The predicted octanol–water partition coefficient (Wildman–Crippen LogP) is 2.75. The van der Waals surface area contributed by atoms with Crippen LogP contribution in [0.4, 0.5) is 5.82 Å². The first-order valence-corrected chi connectivity index (χ1v) is 6.15. The van der Waals surface area contributed by atoms with E-state index in [2.05, 4.69) is 29.4 Å². The molecule has 1 aliphatic rings. The third-order valence-corrected chi connectivity index (χ3v) is 3.37. The number of fused-ring (bicyclic) bond motifs is 1. The van der Waals surface area contributed by atoms with Crippen LogP contribution in [-0.2, 0) is 12.8 Å². The Hall–Kier alpha value is -0.990. The molecule has 2 N–H and O–H groups in total. The Balaban J connectivity index is 2.10. The largest absolute Gasteiger partial charge is 0.368 e. The minimum absolute atomic E-state index is 0.859. The number of H-pyrrole nitrogens is 1. The fraction of sp³-hybridized carbons (Fsp3) is 0.750. The molecule has 1 aromatic rings. The lowest BCUT2D eigenvalue weighted by Gasteiger charge is -2.20. The van der Waals surface area contributed by atoms with E-state index in [0.29, 0.717) is 0 Å². The van der Waals surface area contributed by atoms with Gasteiger partial charge in [0.25, 0.3) is 0 Å². The number of nitrogens with zero attached hydrogens (tertiary/aromatic N) is 1. The fourth-order valence-electron chi connectivity index (χ4n) is 2.31. The molecule has 0 amide bonds. The van der Waals surface area contributed by atoms with Crippen molar-refractivity contribution in [3.8, 4) is 0 Å². The van der Waals surface area contributed by atoms with Crippen LogP contribution in [0.5, 0.6) is 0 Å². The van der Waals surface area contributed by atoms with Crippen molar-refractivity contribution in [1.82, 2.24) is 10.2 Å². The van der Waals surface area contributed by atoms with Crippen LogP contribution in [0, 0.1) is 5.92 Å². The third kappa shape index (κ3) is 2.16. The zero-order valence-electron chi connectivity index (χ0n) is 9.77. The number of rotatable bonds is 4. The van der Waals surface area contributed by atoms with Gasteiger partial charge in [0.05, 0.1) is 0 Å². The second-order valence-corrected chi connectivity index (χ2v) is 4.47. The van der Waals surface area contributed by atoms with Gasteiger partial charge in [-0.15, -0.1) is 0 Å². The van der Waals surface area contributed by atoms with E-state index >= 15 is 0 Å². The third-order valence-electron chi connectivity index (χ3n) is 3.37. The number of hydrogen-bond donors (Lipinski definition) is 2. The zero-order valence-corrected chi connectivity index (χ0v) is 9.77. The summed E-state index contributed by atoms with van der Waals surface area (Å²) in [6.45, 7) is 5.49. The standard InChI is InChI=1S/C12H21N3/c1-3-7-13-12-10-8-9(4-2)5-6-11(10)14-15-12/h9H,3-8H2,1-2H3,(H2,13,14,15). The summed E-state index contributed by atoms with van der Waals surface area (Å²) < 4.78 is 0. The predicted molar refractivity (Wildman–Crippen MR) is 63.2 cm³/mol. The first kappa shape index (κ1) is 10.5. The molecule has 1 aromatic heterocycles. The van der Waals surface area contributed by atoms with E-state index in [-0.39, 0.29) is 0 Å². The first-order chi connectivity index (χ1) is 7.35. The van der Waals surface area contributed by atoms with Crippen molar-refractivity contribution in [2.75, 3.05) is 11.9 Å². The van der Waals surface area contributed by atoms with E-state index in [1.165, 1.54) is 36.9 Å². The number of aromatic nitrogens is 2. The Morgan fingerprint density at radius 2 is 2.33 bits per heavy atom. The SMILES string of the molecule is CCCNc1n[nH]c2c1CC(CC)CC2. The van der Waals surface area contributed by atoms with Gasteiger partial charge in [0.2, 0.25) is 0 Å². The molecule has 1 aliphatic carbocycles. The first-order valence-electron chi connectivity index (χ1n) is 6.15. The summed E-state index contributed by atoms with van der Waals surface area (Å²) in [6.07, 6.45) is 6.14. The maximum absolute atomic E-state index is 4.37. The van der Waals surface area contributed by atoms with Crippen LogP contribution >= 0.6 is 0 Å². The average Bonchev–Trinajstić information content (AvgIpc) is 2.68. The van der Waals surface area contributed by atoms with Gasteiger partial charge in [-0.25, -0.2) is 0 Å². The smallest absolute Gasteiger partial charge is 0.151 e. The summed E-state index contributed by atoms with van der Waals surface area (Å²) >= 11 is 0. The monoisotopic (exact) mass is 207 g/mol. The summed E-state index contributed by atoms with van der Waals surface area (Å²) in [5.74, 6) is 1.96. The van der Waals surface area contributed by atoms with E-state index in [1.807, 2.05) is 0 Å². The van der Waals surface area contributed by atoms with Crippen LogP contribution in [-0.4, -0.2) is 16.7 Å². The van der Waals surface area contributed by atoms with E-state index in [9.17, 15) is 0 Å². The van der Waals surface area contributed by atoms with E-state index in [4.69, 9.17) is 0 Å². The molecule has 0 radical (unpaired) electrons. The molecule has 3 heteroatoms. The maximum Gasteiger partial charge on any atom is 0.151 e. The highest BCUT2D eigenvalue weighted by Crippen LogP contribution is 2.30. The van der Waals surface area contributed by atoms with Gasteiger partial charge < -0.3 is 5.32 Å². The van der Waals surface area contributed by atoms with Crippen LogP contribution in [0.25, 0.3) is 0 Å². The molecule has 1 unspecified atom stereocenters. The van der Waals surface area contributed by atoms with Crippen LogP contribution < -0.4 is 5.32 Å². The highest BCUT2D eigenvalue weighted by molar-refractivity contribution is 5.47. The topological polar surface area (TPSA) is 40.7 Å². The zero-order chi connectivity index (χ0) is 10.7. The van der Waals surface area contributed by atoms with Crippen LogP contribution in [0.1, 0.15) is 44.4 Å². The van der Waals surface area contributed by atoms with Crippen molar-refractivity contribution >= 4 is 5.82 Å². The number of aryl methyl sites for hydroxylation is 1. The molecule has 0 aliphatic heterocycles. The van der Waals surface area contributed by atoms with Gasteiger partial charge in [-0.3, -0.25) is 5.10 Å². The van der Waals surface area contributed by atoms with E-state index < -0.39 is 0 Å². The normalized spacial score (nSPS) is 20.0. The van der Waals surface area contributed by atoms with Gasteiger partial charge in [0.15, 0.2) is 5.82 Å². The highest BCUT2D eigenvalue weighted by Gasteiger charge is 2.22. The lowest BCUT2D eigenvalue weighted by molar-refractivity contribution is 0.443. The van der Waals surface area contributed by atoms with Crippen molar-refractivity contribution in [2.45, 2.75) is 46.0 Å². The van der Waals surface area contributed by atoms with Crippen molar-refractivity contribution in [2.24, 2.45) is 5.92 Å². The molecule has 2 rings (SSSR count). The molecule has 1 atom stereocenters.